The van der Waals surface area contributed by atoms with Gasteiger partial charge in [0.15, 0.2) is 11.5 Å². The lowest BCUT2D eigenvalue weighted by molar-refractivity contribution is -0.116. The third kappa shape index (κ3) is 2.30. The number of nitrogens with one attached hydrogen (secondary N) is 1. The average Bonchev–Trinajstić information content (AvgIpc) is 2.90. The number of anilines is 1. The van der Waals surface area contributed by atoms with Crippen molar-refractivity contribution in [1.82, 2.24) is 9.78 Å². The van der Waals surface area contributed by atoms with Gasteiger partial charge in [-0.05, 0) is 31.5 Å². The molecule has 1 unspecified atom stereocenters. The van der Waals surface area contributed by atoms with E-state index >= 15 is 0 Å². The number of phenols is 1. The van der Waals surface area contributed by atoms with Crippen molar-refractivity contribution < 1.29 is 14.6 Å². The van der Waals surface area contributed by atoms with E-state index in [1.807, 2.05) is 24.6 Å². The second-order valence-corrected chi connectivity index (χ2v) is 5.72. The Morgan fingerprint density at radius 2 is 2.23 bits per heavy atom. The first-order valence-corrected chi connectivity index (χ1v) is 7.25. The molecule has 6 nitrogen and oxygen atoms in total. The van der Waals surface area contributed by atoms with Gasteiger partial charge in [0.25, 0.3) is 0 Å². The van der Waals surface area contributed by atoms with E-state index in [0.29, 0.717) is 12.2 Å². The molecule has 1 aliphatic heterocycles. The minimum absolute atomic E-state index is 0.0461. The third-order valence-corrected chi connectivity index (χ3v) is 3.94. The van der Waals surface area contributed by atoms with Crippen LogP contribution in [0.3, 0.4) is 0 Å². The molecule has 0 radical (unpaired) electrons. The second kappa shape index (κ2) is 5.36. The Balaban J connectivity index is 2.06. The summed E-state index contributed by atoms with van der Waals surface area (Å²) in [5.74, 6) is 1.07. The lowest BCUT2D eigenvalue weighted by Gasteiger charge is -2.24. The summed E-state index contributed by atoms with van der Waals surface area (Å²) in [5.41, 5.74) is 1.84. The van der Waals surface area contributed by atoms with Gasteiger partial charge in [0, 0.05) is 23.9 Å². The van der Waals surface area contributed by atoms with Crippen LogP contribution in [0, 0.1) is 0 Å². The number of ether oxygens (including phenoxy) is 1. The van der Waals surface area contributed by atoms with E-state index in [1.165, 1.54) is 7.11 Å². The van der Waals surface area contributed by atoms with Gasteiger partial charge in [-0.2, -0.15) is 5.10 Å². The Bertz CT molecular complexity index is 721. The number of carbonyl (C=O) groups is 1. The number of nitrogens with zero attached hydrogens (tertiary/aromatic N) is 2. The number of aromatic hydroxyl groups is 1. The van der Waals surface area contributed by atoms with Crippen LogP contribution in [0.5, 0.6) is 11.5 Å². The quantitative estimate of drug-likeness (QED) is 0.913. The predicted octanol–water partition coefficient (Wildman–Crippen LogP) is 2.65. The number of hydrogen-bond donors (Lipinski definition) is 2. The van der Waals surface area contributed by atoms with E-state index in [-0.39, 0.29) is 23.6 Å². The highest BCUT2D eigenvalue weighted by Gasteiger charge is 2.30. The number of rotatable bonds is 3. The van der Waals surface area contributed by atoms with Crippen LogP contribution < -0.4 is 10.1 Å². The van der Waals surface area contributed by atoms with Gasteiger partial charge in [0.1, 0.15) is 5.82 Å². The third-order valence-electron chi connectivity index (χ3n) is 3.94. The largest absolute Gasteiger partial charge is 0.504 e. The predicted molar refractivity (Wildman–Crippen MR) is 82.4 cm³/mol. The van der Waals surface area contributed by atoms with Gasteiger partial charge in [-0.1, -0.05) is 6.07 Å². The highest BCUT2D eigenvalue weighted by molar-refractivity contribution is 5.94. The molecule has 0 saturated carbocycles. The number of fused-ring (bicyclic) bond motifs is 1. The number of amides is 1. The maximum atomic E-state index is 12.1. The highest BCUT2D eigenvalue weighted by atomic mass is 16.5. The SMILES string of the molecule is COc1ccc(C2CC(=O)Nc3c2cnn3C(C)C)cc1O. The van der Waals surface area contributed by atoms with E-state index in [9.17, 15) is 9.90 Å². The fraction of sp³-hybridized carbons (Fsp3) is 0.375. The van der Waals surface area contributed by atoms with Crippen LogP contribution in [-0.4, -0.2) is 27.9 Å². The normalized spacial score (nSPS) is 17.3. The fourth-order valence-corrected chi connectivity index (χ4v) is 2.85. The van der Waals surface area contributed by atoms with Gasteiger partial charge >= 0.3 is 0 Å². The second-order valence-electron chi connectivity index (χ2n) is 5.72. The molecule has 0 spiro atoms. The van der Waals surface area contributed by atoms with E-state index in [1.54, 1.807) is 18.3 Å². The summed E-state index contributed by atoms with van der Waals surface area (Å²) in [4.78, 5) is 12.1. The molecule has 0 aliphatic carbocycles. The Labute approximate surface area is 128 Å². The van der Waals surface area contributed by atoms with Crippen molar-refractivity contribution >= 4 is 11.7 Å². The van der Waals surface area contributed by atoms with Crippen LogP contribution in [0.1, 0.15) is 43.4 Å². The van der Waals surface area contributed by atoms with Crippen molar-refractivity contribution in [2.75, 3.05) is 12.4 Å². The first-order valence-electron chi connectivity index (χ1n) is 7.25. The zero-order valence-electron chi connectivity index (χ0n) is 12.8. The number of carbonyl (C=O) groups excluding carboxylic acids is 1. The molecule has 3 rings (SSSR count). The maximum absolute atomic E-state index is 12.1. The Kier molecular flexibility index (Phi) is 3.52. The van der Waals surface area contributed by atoms with Gasteiger partial charge in [0.05, 0.1) is 13.3 Å². The molecular weight excluding hydrogens is 282 g/mol. The number of benzene rings is 1. The minimum atomic E-state index is -0.118. The molecule has 0 fully saturated rings. The summed E-state index contributed by atoms with van der Waals surface area (Å²) in [6, 6.07) is 5.40. The van der Waals surface area contributed by atoms with Crippen molar-refractivity contribution in [2.24, 2.45) is 0 Å². The van der Waals surface area contributed by atoms with Gasteiger partial charge in [0.2, 0.25) is 5.91 Å². The number of methoxy groups -OCH3 is 1. The maximum Gasteiger partial charge on any atom is 0.226 e. The zero-order valence-corrected chi connectivity index (χ0v) is 12.8. The summed E-state index contributed by atoms with van der Waals surface area (Å²) < 4.78 is 6.88. The van der Waals surface area contributed by atoms with Crippen LogP contribution >= 0.6 is 0 Å². The van der Waals surface area contributed by atoms with Crippen molar-refractivity contribution in [3.05, 3.63) is 35.5 Å². The smallest absolute Gasteiger partial charge is 0.226 e. The summed E-state index contributed by atoms with van der Waals surface area (Å²) in [6.07, 6.45) is 2.13. The van der Waals surface area contributed by atoms with Gasteiger partial charge in [-0.3, -0.25) is 4.79 Å². The van der Waals surface area contributed by atoms with E-state index < -0.39 is 0 Å². The summed E-state index contributed by atoms with van der Waals surface area (Å²) in [6.45, 7) is 4.03. The molecule has 2 N–H and O–H groups in total. The molecule has 22 heavy (non-hydrogen) atoms. The van der Waals surface area contributed by atoms with E-state index in [0.717, 1.165) is 16.9 Å². The Morgan fingerprint density at radius 3 is 2.86 bits per heavy atom. The van der Waals surface area contributed by atoms with Crippen LogP contribution in [0.2, 0.25) is 0 Å². The molecule has 116 valence electrons. The number of phenolic OH excluding ortho intramolecular Hbond substituents is 1. The first kappa shape index (κ1) is 14.4. The lowest BCUT2D eigenvalue weighted by Crippen LogP contribution is -2.25. The summed E-state index contributed by atoms with van der Waals surface area (Å²) in [5, 5.41) is 17.3. The van der Waals surface area contributed by atoms with Gasteiger partial charge in [-0.25, -0.2) is 4.68 Å². The number of hydrogen-bond acceptors (Lipinski definition) is 4. The molecule has 6 heteroatoms. The molecule has 2 heterocycles. The average molecular weight is 301 g/mol. The minimum Gasteiger partial charge on any atom is -0.504 e. The summed E-state index contributed by atoms with van der Waals surface area (Å²) in [7, 11) is 1.51. The van der Waals surface area contributed by atoms with Crippen molar-refractivity contribution in [1.29, 1.82) is 0 Å². The van der Waals surface area contributed by atoms with Crippen molar-refractivity contribution in [3.63, 3.8) is 0 Å². The lowest BCUT2D eigenvalue weighted by atomic mass is 9.87. The van der Waals surface area contributed by atoms with Crippen LogP contribution in [0.15, 0.2) is 24.4 Å². The summed E-state index contributed by atoms with van der Waals surface area (Å²) >= 11 is 0. The van der Waals surface area contributed by atoms with E-state index in [4.69, 9.17) is 4.74 Å². The van der Waals surface area contributed by atoms with Crippen LogP contribution in [0.4, 0.5) is 5.82 Å². The molecule has 1 aromatic heterocycles. The van der Waals surface area contributed by atoms with Crippen molar-refractivity contribution in [3.8, 4) is 11.5 Å². The molecule has 1 amide bonds. The molecule has 1 atom stereocenters. The molecular formula is C16H19N3O3. The fourth-order valence-electron chi connectivity index (χ4n) is 2.85. The molecule has 0 bridgehead atoms. The topological polar surface area (TPSA) is 76.4 Å². The van der Waals surface area contributed by atoms with Gasteiger partial charge in [-0.15, -0.1) is 0 Å². The van der Waals surface area contributed by atoms with Gasteiger partial charge < -0.3 is 15.2 Å². The molecule has 2 aromatic rings. The van der Waals surface area contributed by atoms with Crippen LogP contribution in [0.25, 0.3) is 0 Å². The highest BCUT2D eigenvalue weighted by Crippen LogP contribution is 2.40. The zero-order chi connectivity index (χ0) is 15.9. The molecule has 1 aromatic carbocycles. The monoisotopic (exact) mass is 301 g/mol. The van der Waals surface area contributed by atoms with Crippen LogP contribution in [-0.2, 0) is 4.79 Å². The van der Waals surface area contributed by atoms with Crippen molar-refractivity contribution in [2.45, 2.75) is 32.2 Å². The standard InChI is InChI=1S/C16H19N3O3/c1-9(2)19-16-12(8-17-19)11(7-15(21)18-16)10-4-5-14(22-3)13(20)6-10/h4-6,8-9,11,20H,7H2,1-3H3,(H,18,21). The van der Waals surface area contributed by atoms with E-state index in [2.05, 4.69) is 10.4 Å². The Morgan fingerprint density at radius 1 is 1.45 bits per heavy atom. The first-order chi connectivity index (χ1) is 10.5. The molecule has 1 aliphatic rings. The number of aromatic nitrogens is 2. The molecule has 0 saturated heterocycles. The Hall–Kier alpha value is -2.50.